The van der Waals surface area contributed by atoms with Crippen LogP contribution in [0.3, 0.4) is 0 Å². The number of amides is 6. The van der Waals surface area contributed by atoms with Gasteiger partial charge in [0.2, 0.25) is 23.6 Å². The van der Waals surface area contributed by atoms with Crippen molar-refractivity contribution in [2.75, 3.05) is 40.9 Å². The Morgan fingerprint density at radius 1 is 0.529 bits per heavy atom. The number of hydrogen-bond donors (Lipinski definition) is 2. The van der Waals surface area contributed by atoms with Gasteiger partial charge in [-0.15, -0.1) is 0 Å². The quantitative estimate of drug-likeness (QED) is 0.114. The summed E-state index contributed by atoms with van der Waals surface area (Å²) in [7, 11) is 0. The van der Waals surface area contributed by atoms with Crippen molar-refractivity contribution in [3.63, 3.8) is 0 Å². The zero-order valence-corrected chi connectivity index (χ0v) is 38.0. The van der Waals surface area contributed by atoms with Crippen molar-refractivity contribution in [1.82, 2.24) is 20.4 Å². The topological polar surface area (TPSA) is 143 Å². The second-order valence-corrected chi connectivity index (χ2v) is 18.1. The normalized spacial score (nSPS) is 19.0. The maximum atomic E-state index is 14.2. The maximum absolute atomic E-state index is 14.2. The van der Waals surface area contributed by atoms with E-state index in [1.807, 2.05) is 94.7 Å². The van der Waals surface area contributed by atoms with Crippen molar-refractivity contribution in [3.05, 3.63) is 162 Å². The summed E-state index contributed by atoms with van der Waals surface area (Å²) in [6.07, 6.45) is 4.81. The third kappa shape index (κ3) is 10.1. The zero-order valence-electron chi connectivity index (χ0n) is 38.0. The number of nitrogens with one attached hydrogen (secondary N) is 2. The van der Waals surface area contributed by atoms with E-state index in [9.17, 15) is 33.2 Å². The van der Waals surface area contributed by atoms with Crippen LogP contribution in [-0.2, 0) is 41.9 Å². The number of halogens is 1. The van der Waals surface area contributed by atoms with Crippen LogP contribution in [0.5, 0.6) is 0 Å². The van der Waals surface area contributed by atoms with Gasteiger partial charge in [-0.25, -0.2) is 4.39 Å². The lowest BCUT2D eigenvalue weighted by Crippen LogP contribution is -2.49. The summed E-state index contributed by atoms with van der Waals surface area (Å²) in [5, 5.41) is 5.32. The highest BCUT2D eigenvalue weighted by Crippen LogP contribution is 2.32. The molecule has 0 aliphatic carbocycles. The van der Waals surface area contributed by atoms with Gasteiger partial charge in [-0.2, -0.15) is 0 Å². The van der Waals surface area contributed by atoms with Gasteiger partial charge in [0.1, 0.15) is 30.0 Å². The SMILES string of the molecule is O=C(NC(=O)C1CCCN1c1ccc(CN(Cc2ccc(N3CCCC3C(=O)NC(=O)[C@@H](c3ccccc3)N3CCCC3=O)cc2)c2ccc(F)cc2)cc1)C(c1ccccc1)N1CCCC1=O. The Bertz CT molecular complexity index is 2460. The lowest BCUT2D eigenvalue weighted by atomic mass is 10.0. The monoisotopic (exact) mass is 917 g/mol. The van der Waals surface area contributed by atoms with Crippen molar-refractivity contribution >= 4 is 52.5 Å². The Kier molecular flexibility index (Phi) is 13.9. The summed E-state index contributed by atoms with van der Waals surface area (Å²) in [6, 6.07) is 37.8. The fraction of sp³-hybridized carbons (Fsp3) is 0.333. The standard InChI is InChI=1S/C54H56FN7O6/c55-41-23-29-42(30-24-41)58(35-37-19-25-43(26-20-37)59-31-7-15-45(59)51(65)56-53(67)49(39-11-3-1-4-12-39)61-33-9-17-47(61)63)36-38-21-27-44(28-22-38)60-32-8-16-46(60)52(66)57-54(68)50(40-13-5-2-6-14-40)62-34-10-18-48(62)64/h1-6,11-14,19-30,45-46,49-50H,7-10,15-18,31-36H2,(H,56,65,67)(H,57,66,68)/t45?,46?,49-,50?/m1/s1. The van der Waals surface area contributed by atoms with E-state index in [2.05, 4.69) is 15.5 Å². The molecule has 68 heavy (non-hydrogen) atoms. The summed E-state index contributed by atoms with van der Waals surface area (Å²) >= 11 is 0. The van der Waals surface area contributed by atoms with Crippen molar-refractivity contribution in [2.24, 2.45) is 0 Å². The summed E-state index contributed by atoms with van der Waals surface area (Å²) < 4.78 is 14.2. The van der Waals surface area contributed by atoms with Crippen LogP contribution in [0.15, 0.2) is 133 Å². The van der Waals surface area contributed by atoms with Crippen LogP contribution in [0, 0.1) is 5.82 Å². The van der Waals surface area contributed by atoms with Gasteiger partial charge in [0.25, 0.3) is 11.8 Å². The first-order chi connectivity index (χ1) is 33.1. The van der Waals surface area contributed by atoms with Gasteiger partial charge in [-0.3, -0.25) is 39.4 Å². The Balaban J connectivity index is 0.851. The smallest absolute Gasteiger partial charge is 0.254 e. The summed E-state index contributed by atoms with van der Waals surface area (Å²) in [5.74, 6) is -2.32. The molecule has 0 aromatic heterocycles. The van der Waals surface area contributed by atoms with Crippen molar-refractivity contribution in [1.29, 1.82) is 0 Å². The van der Waals surface area contributed by atoms with Crippen LogP contribution in [-0.4, -0.2) is 83.5 Å². The first-order valence-electron chi connectivity index (χ1n) is 23.7. The molecule has 4 heterocycles. The molecule has 3 unspecified atom stereocenters. The molecule has 0 bridgehead atoms. The van der Waals surface area contributed by atoms with Crippen molar-refractivity contribution in [3.8, 4) is 0 Å². The number of hydrogen-bond acceptors (Lipinski definition) is 9. The van der Waals surface area contributed by atoms with Gasteiger partial charge in [-0.1, -0.05) is 84.9 Å². The lowest BCUT2D eigenvalue weighted by molar-refractivity contribution is -0.141. The minimum Gasteiger partial charge on any atom is -0.363 e. The highest BCUT2D eigenvalue weighted by atomic mass is 19.1. The molecule has 6 amide bonds. The highest BCUT2D eigenvalue weighted by Gasteiger charge is 2.39. The predicted molar refractivity (Wildman–Crippen MR) is 256 cm³/mol. The Morgan fingerprint density at radius 2 is 0.941 bits per heavy atom. The summed E-state index contributed by atoms with van der Waals surface area (Å²) in [5.41, 5.74) is 5.86. The molecule has 0 spiro atoms. The number of carbonyl (C=O) groups is 6. The number of nitrogens with zero attached hydrogens (tertiary/aromatic N) is 5. The average Bonchev–Trinajstić information content (AvgIpc) is 4.20. The largest absolute Gasteiger partial charge is 0.363 e. The van der Waals surface area contributed by atoms with Crippen LogP contribution < -0.4 is 25.3 Å². The molecular formula is C54H56FN7O6. The van der Waals surface area contributed by atoms with E-state index in [0.29, 0.717) is 88.9 Å². The molecule has 14 heteroatoms. The number of rotatable bonds is 15. The Hall–Kier alpha value is -7.35. The Labute approximate surface area is 395 Å². The summed E-state index contributed by atoms with van der Waals surface area (Å²) in [4.78, 5) is 89.9. The average molecular weight is 918 g/mol. The van der Waals surface area contributed by atoms with Gasteiger partial charge in [-0.05, 0) is 109 Å². The van der Waals surface area contributed by atoms with E-state index >= 15 is 0 Å². The molecule has 0 radical (unpaired) electrons. The highest BCUT2D eigenvalue weighted by molar-refractivity contribution is 6.04. The number of carbonyl (C=O) groups excluding carboxylic acids is 6. The molecule has 5 aromatic rings. The van der Waals surface area contributed by atoms with E-state index in [0.717, 1.165) is 41.0 Å². The first-order valence-corrected chi connectivity index (χ1v) is 23.7. The third-order valence-electron chi connectivity index (χ3n) is 13.6. The van der Waals surface area contributed by atoms with E-state index in [1.54, 1.807) is 46.2 Å². The number of anilines is 3. The van der Waals surface area contributed by atoms with Gasteiger partial charge < -0.3 is 24.5 Å². The molecule has 350 valence electrons. The van der Waals surface area contributed by atoms with Crippen molar-refractivity contribution < 1.29 is 33.2 Å². The van der Waals surface area contributed by atoms with Crippen LogP contribution in [0.4, 0.5) is 21.5 Å². The molecule has 4 aliphatic rings. The molecule has 2 N–H and O–H groups in total. The molecule has 5 aromatic carbocycles. The predicted octanol–water partition coefficient (Wildman–Crippen LogP) is 6.98. The minimum absolute atomic E-state index is 0.0999. The molecule has 4 saturated heterocycles. The molecular weight excluding hydrogens is 862 g/mol. The van der Waals surface area contributed by atoms with Gasteiger partial charge in [0, 0.05) is 69.2 Å². The van der Waals surface area contributed by atoms with Gasteiger partial charge in [0.05, 0.1) is 0 Å². The van der Waals surface area contributed by atoms with E-state index in [1.165, 1.54) is 12.1 Å². The number of imide groups is 2. The van der Waals surface area contributed by atoms with Crippen molar-refractivity contribution in [2.45, 2.75) is 88.6 Å². The molecule has 4 fully saturated rings. The zero-order chi connectivity index (χ0) is 47.1. The second-order valence-electron chi connectivity index (χ2n) is 18.1. The van der Waals surface area contributed by atoms with Crippen LogP contribution in [0.2, 0.25) is 0 Å². The van der Waals surface area contributed by atoms with Gasteiger partial charge >= 0.3 is 0 Å². The lowest BCUT2D eigenvalue weighted by Gasteiger charge is -2.30. The first kappa shape index (κ1) is 45.8. The maximum Gasteiger partial charge on any atom is 0.254 e. The van der Waals surface area contributed by atoms with Crippen LogP contribution in [0.25, 0.3) is 0 Å². The van der Waals surface area contributed by atoms with Crippen LogP contribution >= 0.6 is 0 Å². The van der Waals surface area contributed by atoms with Gasteiger partial charge in [0.15, 0.2) is 0 Å². The number of likely N-dealkylation sites (tertiary alicyclic amines) is 2. The van der Waals surface area contributed by atoms with E-state index in [4.69, 9.17) is 0 Å². The number of benzene rings is 5. The molecule has 0 saturated carbocycles. The fourth-order valence-electron chi connectivity index (χ4n) is 10.3. The van der Waals surface area contributed by atoms with E-state index < -0.39 is 36.0 Å². The third-order valence-corrected chi connectivity index (χ3v) is 13.6. The summed E-state index contributed by atoms with van der Waals surface area (Å²) in [6.45, 7) is 3.20. The molecule has 9 rings (SSSR count). The fourth-order valence-corrected chi connectivity index (χ4v) is 10.3. The molecule has 13 nitrogen and oxygen atoms in total. The molecule has 4 atom stereocenters. The molecule has 4 aliphatic heterocycles. The Morgan fingerprint density at radius 3 is 1.32 bits per heavy atom. The van der Waals surface area contributed by atoms with E-state index in [-0.39, 0.29) is 29.4 Å². The second kappa shape index (κ2) is 20.7. The van der Waals surface area contributed by atoms with Crippen LogP contribution in [0.1, 0.15) is 85.7 Å². The minimum atomic E-state index is -0.880.